The first-order valence-corrected chi connectivity index (χ1v) is 7.81. The third-order valence-corrected chi connectivity index (χ3v) is 4.32. The van der Waals surface area contributed by atoms with Crippen LogP contribution in [0.3, 0.4) is 0 Å². The number of benzene rings is 1. The summed E-state index contributed by atoms with van der Waals surface area (Å²) >= 11 is 6.07. The Hall–Kier alpha value is -1.15. The molecule has 1 aromatic carbocycles. The van der Waals surface area contributed by atoms with E-state index < -0.39 is 0 Å². The van der Waals surface area contributed by atoms with Crippen LogP contribution in [-0.4, -0.2) is 42.0 Å². The zero-order chi connectivity index (χ0) is 15.2. The maximum absolute atomic E-state index is 13.0. The molecular weight excluding hydrogens is 289 g/mol. The van der Waals surface area contributed by atoms with Crippen molar-refractivity contribution in [2.45, 2.75) is 32.4 Å². The second kappa shape index (κ2) is 7.74. The highest BCUT2D eigenvalue weighted by atomic mass is 35.5. The predicted molar refractivity (Wildman–Crippen MR) is 82.6 cm³/mol. The lowest BCUT2D eigenvalue weighted by atomic mass is 10.1. The Labute approximate surface area is 130 Å². The average molecular weight is 310 g/mol. The highest BCUT2D eigenvalue weighted by Crippen LogP contribution is 2.20. The van der Waals surface area contributed by atoms with Crippen molar-refractivity contribution in [1.29, 1.82) is 5.26 Å². The van der Waals surface area contributed by atoms with Crippen LogP contribution in [0.1, 0.15) is 25.3 Å². The molecule has 114 valence electrons. The average Bonchev–Trinajstić information content (AvgIpc) is 2.48. The summed E-state index contributed by atoms with van der Waals surface area (Å²) in [5.74, 6) is -0.301. The fourth-order valence-corrected chi connectivity index (χ4v) is 2.95. The fourth-order valence-electron chi connectivity index (χ4n) is 2.73. The van der Waals surface area contributed by atoms with Crippen molar-refractivity contribution in [3.63, 3.8) is 0 Å². The van der Waals surface area contributed by atoms with E-state index in [1.54, 1.807) is 6.07 Å². The number of hydrogen-bond donors (Lipinski definition) is 0. The van der Waals surface area contributed by atoms with Crippen molar-refractivity contribution in [3.8, 4) is 6.07 Å². The molecule has 0 spiro atoms. The van der Waals surface area contributed by atoms with Gasteiger partial charge in [0.1, 0.15) is 5.82 Å². The molecule has 21 heavy (non-hydrogen) atoms. The summed E-state index contributed by atoms with van der Waals surface area (Å²) in [6.45, 7) is 6.47. The zero-order valence-corrected chi connectivity index (χ0v) is 13.1. The van der Waals surface area contributed by atoms with Crippen LogP contribution in [0.15, 0.2) is 18.2 Å². The molecule has 1 heterocycles. The second-order valence-electron chi connectivity index (χ2n) is 5.48. The van der Waals surface area contributed by atoms with Gasteiger partial charge in [-0.25, -0.2) is 4.39 Å². The van der Waals surface area contributed by atoms with Gasteiger partial charge in [-0.3, -0.25) is 9.80 Å². The first-order chi connectivity index (χ1) is 10.1. The monoisotopic (exact) mass is 309 g/mol. The normalized spacial score (nSPS) is 18.4. The number of rotatable bonds is 5. The minimum atomic E-state index is -0.301. The molecule has 0 amide bonds. The third-order valence-electron chi connectivity index (χ3n) is 3.97. The summed E-state index contributed by atoms with van der Waals surface area (Å²) < 4.78 is 13.0. The van der Waals surface area contributed by atoms with Gasteiger partial charge in [-0.1, -0.05) is 31.0 Å². The van der Waals surface area contributed by atoms with E-state index in [4.69, 9.17) is 11.6 Å². The lowest BCUT2D eigenvalue weighted by Gasteiger charge is -2.37. The molecule has 0 aliphatic carbocycles. The van der Waals surface area contributed by atoms with Gasteiger partial charge in [-0.05, 0) is 24.1 Å². The smallest absolute Gasteiger partial charge is 0.124 e. The van der Waals surface area contributed by atoms with Crippen LogP contribution in [0, 0.1) is 17.1 Å². The molecule has 0 bridgehead atoms. The molecule has 0 saturated carbocycles. The zero-order valence-electron chi connectivity index (χ0n) is 12.4. The third kappa shape index (κ3) is 4.41. The largest absolute Gasteiger partial charge is 0.296 e. The molecule has 1 aromatic rings. The van der Waals surface area contributed by atoms with Crippen LogP contribution >= 0.6 is 11.6 Å². The highest BCUT2D eigenvalue weighted by Gasteiger charge is 2.23. The molecule has 1 fully saturated rings. The van der Waals surface area contributed by atoms with E-state index in [2.05, 4.69) is 22.8 Å². The van der Waals surface area contributed by atoms with Crippen molar-refractivity contribution < 1.29 is 4.39 Å². The van der Waals surface area contributed by atoms with Gasteiger partial charge >= 0.3 is 0 Å². The minimum Gasteiger partial charge on any atom is -0.296 e. The molecule has 1 aliphatic rings. The molecule has 2 rings (SSSR count). The van der Waals surface area contributed by atoms with E-state index in [1.807, 2.05) is 0 Å². The lowest BCUT2D eigenvalue weighted by Crippen LogP contribution is -2.49. The number of nitriles is 1. The molecule has 1 atom stereocenters. The van der Waals surface area contributed by atoms with Gasteiger partial charge in [-0.15, -0.1) is 0 Å². The number of piperazine rings is 1. The van der Waals surface area contributed by atoms with Crippen LogP contribution < -0.4 is 0 Å². The highest BCUT2D eigenvalue weighted by molar-refractivity contribution is 6.31. The summed E-state index contributed by atoms with van der Waals surface area (Å²) in [7, 11) is 0. The van der Waals surface area contributed by atoms with E-state index in [1.165, 1.54) is 12.1 Å². The van der Waals surface area contributed by atoms with Crippen LogP contribution in [0.2, 0.25) is 5.02 Å². The van der Waals surface area contributed by atoms with E-state index in [0.29, 0.717) is 5.02 Å². The molecule has 3 nitrogen and oxygen atoms in total. The van der Waals surface area contributed by atoms with Crippen LogP contribution in [0.4, 0.5) is 4.39 Å². The van der Waals surface area contributed by atoms with E-state index in [0.717, 1.165) is 51.1 Å². The Balaban J connectivity index is 1.88. The molecule has 5 heteroatoms. The van der Waals surface area contributed by atoms with Gasteiger partial charge in [0.15, 0.2) is 0 Å². The summed E-state index contributed by atoms with van der Waals surface area (Å²) in [4.78, 5) is 4.56. The Bertz CT molecular complexity index is 507. The van der Waals surface area contributed by atoms with E-state index in [9.17, 15) is 9.65 Å². The quantitative estimate of drug-likeness (QED) is 0.836. The van der Waals surface area contributed by atoms with Crippen molar-refractivity contribution in [3.05, 3.63) is 34.6 Å². The maximum atomic E-state index is 13.0. The summed E-state index contributed by atoms with van der Waals surface area (Å²) in [5, 5.41) is 9.70. The summed E-state index contributed by atoms with van der Waals surface area (Å²) in [6, 6.07) is 6.99. The van der Waals surface area contributed by atoms with Gasteiger partial charge < -0.3 is 0 Å². The molecular formula is C16H21ClFN3. The fraction of sp³-hybridized carbons (Fsp3) is 0.562. The molecule has 1 aliphatic heterocycles. The second-order valence-corrected chi connectivity index (χ2v) is 5.89. The Morgan fingerprint density at radius 2 is 2.05 bits per heavy atom. The van der Waals surface area contributed by atoms with Gasteiger partial charge in [0.2, 0.25) is 0 Å². The number of hydrogen-bond acceptors (Lipinski definition) is 3. The minimum absolute atomic E-state index is 0.0339. The van der Waals surface area contributed by atoms with Gasteiger partial charge in [0.25, 0.3) is 0 Å². The van der Waals surface area contributed by atoms with Crippen molar-refractivity contribution in [2.75, 3.05) is 26.2 Å². The summed E-state index contributed by atoms with van der Waals surface area (Å²) in [5.41, 5.74) is 0.955. The molecule has 0 aromatic heterocycles. The molecule has 0 N–H and O–H groups in total. The van der Waals surface area contributed by atoms with Gasteiger partial charge in [0, 0.05) is 37.7 Å². The van der Waals surface area contributed by atoms with Crippen molar-refractivity contribution >= 4 is 11.6 Å². The van der Waals surface area contributed by atoms with Gasteiger partial charge in [0.05, 0.1) is 12.1 Å². The Kier molecular flexibility index (Phi) is 5.98. The van der Waals surface area contributed by atoms with E-state index >= 15 is 0 Å². The van der Waals surface area contributed by atoms with Crippen LogP contribution in [0.5, 0.6) is 0 Å². The van der Waals surface area contributed by atoms with Crippen molar-refractivity contribution in [2.24, 2.45) is 0 Å². The molecule has 1 unspecified atom stereocenters. The number of halogens is 2. The van der Waals surface area contributed by atoms with E-state index in [-0.39, 0.29) is 11.9 Å². The standard InChI is InChI=1S/C16H21ClFN3/c1-2-3-15(11-19)21-8-6-20(7-9-21)12-13-4-5-14(18)10-16(13)17/h4-5,10,15H,2-3,6-9,12H2,1H3. The maximum Gasteiger partial charge on any atom is 0.124 e. The SMILES string of the molecule is CCCC(C#N)N1CCN(Cc2ccc(F)cc2Cl)CC1. The first kappa shape index (κ1) is 16.2. The Morgan fingerprint density at radius 1 is 1.33 bits per heavy atom. The van der Waals surface area contributed by atoms with Crippen LogP contribution in [-0.2, 0) is 6.54 Å². The number of nitrogens with zero attached hydrogens (tertiary/aromatic N) is 3. The topological polar surface area (TPSA) is 30.3 Å². The van der Waals surface area contributed by atoms with Gasteiger partial charge in [-0.2, -0.15) is 5.26 Å². The van der Waals surface area contributed by atoms with Crippen molar-refractivity contribution in [1.82, 2.24) is 9.80 Å². The molecule has 1 saturated heterocycles. The Morgan fingerprint density at radius 3 is 2.62 bits per heavy atom. The first-order valence-electron chi connectivity index (χ1n) is 7.44. The molecule has 0 radical (unpaired) electrons. The summed E-state index contributed by atoms with van der Waals surface area (Å²) in [6.07, 6.45) is 1.96. The lowest BCUT2D eigenvalue weighted by molar-refractivity contribution is 0.106. The van der Waals surface area contributed by atoms with Crippen LogP contribution in [0.25, 0.3) is 0 Å². The predicted octanol–water partition coefficient (Wildman–Crippen LogP) is 3.29.